The molecule has 2 bridgehead atoms. The topological polar surface area (TPSA) is 74.3 Å². The van der Waals surface area contributed by atoms with Crippen LogP contribution in [0, 0.1) is 23.7 Å². The van der Waals surface area contributed by atoms with Gasteiger partial charge in [-0.1, -0.05) is 0 Å². The average molecular weight is 340 g/mol. The molecule has 6 atom stereocenters. The van der Waals surface area contributed by atoms with Gasteiger partial charge in [-0.3, -0.25) is 9.78 Å². The molecule has 0 radical (unpaired) electrons. The van der Waals surface area contributed by atoms with Crippen molar-refractivity contribution < 1.29 is 9.59 Å². The lowest BCUT2D eigenvalue weighted by Gasteiger charge is -2.32. The van der Waals surface area contributed by atoms with E-state index >= 15 is 0 Å². The van der Waals surface area contributed by atoms with Gasteiger partial charge in [0.2, 0.25) is 5.91 Å². The van der Waals surface area contributed by atoms with Gasteiger partial charge in [0.25, 0.3) is 0 Å². The lowest BCUT2D eigenvalue weighted by Crippen LogP contribution is -2.55. The quantitative estimate of drug-likeness (QED) is 0.883. The van der Waals surface area contributed by atoms with E-state index in [2.05, 4.69) is 15.6 Å². The Morgan fingerprint density at radius 3 is 2.68 bits per heavy atom. The Hall–Kier alpha value is -2.11. The second-order valence-corrected chi connectivity index (χ2v) is 8.03. The van der Waals surface area contributed by atoms with Crippen LogP contribution < -0.4 is 15.5 Å². The van der Waals surface area contributed by atoms with Crippen molar-refractivity contribution in [2.75, 3.05) is 11.4 Å². The maximum atomic E-state index is 12.7. The first kappa shape index (κ1) is 15.2. The molecule has 3 aliphatic carbocycles. The molecule has 1 unspecified atom stereocenters. The number of aromatic nitrogens is 1. The minimum absolute atomic E-state index is 0.0366. The van der Waals surface area contributed by atoms with Crippen LogP contribution in [0.4, 0.5) is 10.5 Å². The fraction of sp³-hybridized carbons (Fsp3) is 0.632. The Bertz CT molecular complexity index is 678. The van der Waals surface area contributed by atoms with Gasteiger partial charge in [0.05, 0.1) is 11.9 Å². The van der Waals surface area contributed by atoms with Crippen molar-refractivity contribution in [2.45, 2.75) is 44.2 Å². The molecule has 4 aliphatic rings. The van der Waals surface area contributed by atoms with Crippen LogP contribution >= 0.6 is 0 Å². The average Bonchev–Trinajstić information content (AvgIpc) is 3.01. The first-order chi connectivity index (χ1) is 12.2. The van der Waals surface area contributed by atoms with E-state index in [0.717, 1.165) is 23.9 Å². The van der Waals surface area contributed by atoms with E-state index in [1.54, 1.807) is 17.3 Å². The molecule has 3 saturated carbocycles. The number of rotatable bonds is 3. The number of urea groups is 1. The first-order valence-electron chi connectivity index (χ1n) is 9.51. The molecule has 2 heterocycles. The molecule has 6 nitrogen and oxygen atoms in total. The van der Waals surface area contributed by atoms with Gasteiger partial charge in [-0.2, -0.15) is 0 Å². The van der Waals surface area contributed by atoms with Crippen molar-refractivity contribution in [2.24, 2.45) is 23.7 Å². The number of carbonyl (C=O) groups excluding carboxylic acids is 2. The fourth-order valence-electron chi connectivity index (χ4n) is 5.65. The van der Waals surface area contributed by atoms with E-state index in [1.165, 1.54) is 19.3 Å². The summed E-state index contributed by atoms with van der Waals surface area (Å²) in [5.41, 5.74) is 0.799. The number of anilines is 1. The van der Waals surface area contributed by atoms with E-state index in [4.69, 9.17) is 0 Å². The van der Waals surface area contributed by atoms with Crippen LogP contribution in [-0.4, -0.2) is 35.6 Å². The molecule has 1 saturated heterocycles. The minimum Gasteiger partial charge on any atom is -0.335 e. The number of nitrogens with zero attached hydrogens (tertiary/aromatic N) is 2. The normalized spacial score (nSPS) is 38.4. The molecule has 6 heteroatoms. The highest BCUT2D eigenvalue weighted by Crippen LogP contribution is 2.65. The van der Waals surface area contributed by atoms with Crippen LogP contribution in [0.1, 0.15) is 32.1 Å². The zero-order valence-electron chi connectivity index (χ0n) is 14.2. The number of hydrogen-bond donors (Lipinski definition) is 2. The van der Waals surface area contributed by atoms with Gasteiger partial charge >= 0.3 is 6.03 Å². The second-order valence-electron chi connectivity index (χ2n) is 8.03. The highest BCUT2D eigenvalue weighted by atomic mass is 16.2. The van der Waals surface area contributed by atoms with Crippen LogP contribution in [-0.2, 0) is 4.79 Å². The molecular formula is C19H24N4O2. The summed E-state index contributed by atoms with van der Waals surface area (Å²) in [7, 11) is 0. The second kappa shape index (κ2) is 5.71. The van der Waals surface area contributed by atoms with Gasteiger partial charge in [0, 0.05) is 18.8 Å². The molecule has 4 fully saturated rings. The molecule has 1 aliphatic heterocycles. The lowest BCUT2D eigenvalue weighted by molar-refractivity contribution is -0.121. The molecule has 1 aromatic rings. The van der Waals surface area contributed by atoms with E-state index < -0.39 is 6.04 Å². The summed E-state index contributed by atoms with van der Waals surface area (Å²) in [6.07, 6.45) is 9.02. The third kappa shape index (κ3) is 2.50. The Morgan fingerprint density at radius 2 is 1.96 bits per heavy atom. The van der Waals surface area contributed by atoms with Crippen molar-refractivity contribution in [3.63, 3.8) is 0 Å². The Labute approximate surface area is 147 Å². The number of nitrogens with one attached hydrogen (secondary N) is 2. The third-order valence-electron chi connectivity index (χ3n) is 6.73. The van der Waals surface area contributed by atoms with Crippen molar-refractivity contribution in [3.8, 4) is 0 Å². The van der Waals surface area contributed by atoms with E-state index in [0.29, 0.717) is 30.8 Å². The summed E-state index contributed by atoms with van der Waals surface area (Å²) in [6.45, 7) is 0.681. The Balaban J connectivity index is 1.19. The maximum absolute atomic E-state index is 12.7. The number of piperidine rings is 1. The molecule has 132 valence electrons. The van der Waals surface area contributed by atoms with Gasteiger partial charge < -0.3 is 15.5 Å². The van der Waals surface area contributed by atoms with Crippen LogP contribution in [0.3, 0.4) is 0 Å². The summed E-state index contributed by atoms with van der Waals surface area (Å²) >= 11 is 0. The Morgan fingerprint density at radius 1 is 1.16 bits per heavy atom. The van der Waals surface area contributed by atoms with Crippen LogP contribution in [0.15, 0.2) is 24.5 Å². The summed E-state index contributed by atoms with van der Waals surface area (Å²) in [5.74, 6) is 3.04. The molecule has 1 aromatic heterocycles. The smallest absolute Gasteiger partial charge is 0.315 e. The van der Waals surface area contributed by atoms with Crippen molar-refractivity contribution in [1.29, 1.82) is 0 Å². The number of carbonyl (C=O) groups is 2. The predicted molar refractivity (Wildman–Crippen MR) is 92.9 cm³/mol. The van der Waals surface area contributed by atoms with E-state index in [9.17, 15) is 9.59 Å². The summed E-state index contributed by atoms with van der Waals surface area (Å²) in [6, 6.07) is 3.44. The maximum Gasteiger partial charge on any atom is 0.315 e. The summed E-state index contributed by atoms with van der Waals surface area (Å²) in [4.78, 5) is 31.0. The zero-order valence-corrected chi connectivity index (χ0v) is 14.2. The van der Waals surface area contributed by atoms with E-state index in [-0.39, 0.29) is 11.9 Å². The van der Waals surface area contributed by atoms with E-state index in [1.807, 2.05) is 12.1 Å². The monoisotopic (exact) mass is 340 g/mol. The number of fused-ring (bicyclic) bond motifs is 5. The molecule has 0 aromatic carbocycles. The van der Waals surface area contributed by atoms with Crippen LogP contribution in [0.2, 0.25) is 0 Å². The highest BCUT2D eigenvalue weighted by Gasteiger charge is 2.65. The molecule has 5 rings (SSSR count). The molecule has 3 amide bonds. The molecule has 2 N–H and O–H groups in total. The van der Waals surface area contributed by atoms with Gasteiger partial charge in [0.15, 0.2) is 0 Å². The molecule has 0 spiro atoms. The van der Waals surface area contributed by atoms with Crippen molar-refractivity contribution in [1.82, 2.24) is 15.6 Å². The number of amides is 3. The number of hydrogen-bond acceptors (Lipinski definition) is 3. The molecule has 25 heavy (non-hydrogen) atoms. The van der Waals surface area contributed by atoms with Crippen LogP contribution in [0.5, 0.6) is 0 Å². The fourth-order valence-corrected chi connectivity index (χ4v) is 5.65. The predicted octanol–water partition coefficient (Wildman–Crippen LogP) is 1.92. The Kier molecular flexibility index (Phi) is 3.47. The lowest BCUT2D eigenvalue weighted by atomic mass is 10.0. The van der Waals surface area contributed by atoms with Crippen molar-refractivity contribution >= 4 is 17.6 Å². The number of pyridine rings is 1. The van der Waals surface area contributed by atoms with Gasteiger partial charge in [-0.25, -0.2) is 4.79 Å². The zero-order chi connectivity index (χ0) is 17.0. The summed E-state index contributed by atoms with van der Waals surface area (Å²) < 4.78 is 0. The molecular weight excluding hydrogens is 316 g/mol. The van der Waals surface area contributed by atoms with Crippen molar-refractivity contribution in [3.05, 3.63) is 24.5 Å². The van der Waals surface area contributed by atoms with Gasteiger partial charge in [0.1, 0.15) is 6.04 Å². The highest BCUT2D eigenvalue weighted by molar-refractivity contribution is 5.99. The first-order valence-corrected chi connectivity index (χ1v) is 9.51. The minimum atomic E-state index is -0.440. The third-order valence-corrected chi connectivity index (χ3v) is 6.73. The largest absolute Gasteiger partial charge is 0.335 e. The van der Waals surface area contributed by atoms with Gasteiger partial charge in [-0.15, -0.1) is 0 Å². The van der Waals surface area contributed by atoms with Crippen LogP contribution in [0.25, 0.3) is 0 Å². The summed E-state index contributed by atoms with van der Waals surface area (Å²) in [5, 5.41) is 6.06. The van der Waals surface area contributed by atoms with Gasteiger partial charge in [-0.05, 0) is 67.9 Å². The standard InChI is InChI=1S/C19H24N4O2/c24-18-14(4-2-8-23(18)13-3-1-7-20-10-13)21-19(25)22-17-15-11-5-6-12(9-11)16(15)17/h1,3,7,10-12,14-17H,2,4-6,8-9H2,(H2,21,22,25)/t11-,12-,14-,15-,16+,17?/m0/s1. The SMILES string of the molecule is O=C(NC1[C@@H]2[C@H]3CC[C@@H](C3)[C@H]12)N[C@H]1CCCN(c2cccnc2)C1=O.